The number of allylic oxidation sites excluding steroid dienone is 2. The Bertz CT molecular complexity index is 374. The lowest BCUT2D eigenvalue weighted by molar-refractivity contribution is -0.116. The number of carbonyl (C=O) groups excluding carboxylic acids is 1. The van der Waals surface area contributed by atoms with Crippen molar-refractivity contribution in [2.75, 3.05) is 7.05 Å². The van der Waals surface area contributed by atoms with Crippen molar-refractivity contribution in [1.29, 1.82) is 0 Å². The molecule has 2 nitrogen and oxygen atoms in total. The van der Waals surface area contributed by atoms with Crippen LogP contribution in [0.1, 0.15) is 11.1 Å². The summed E-state index contributed by atoms with van der Waals surface area (Å²) in [4.78, 5) is 10.8. The third kappa shape index (κ3) is 4.27. The number of benzene rings is 1. The third-order valence-corrected chi connectivity index (χ3v) is 1.97. The molecule has 0 radical (unpaired) electrons. The van der Waals surface area contributed by atoms with Gasteiger partial charge in [-0.25, -0.2) is 0 Å². The number of aryl methyl sites for hydroxylation is 1. The van der Waals surface area contributed by atoms with Gasteiger partial charge in [-0.1, -0.05) is 48.1 Å². The van der Waals surface area contributed by atoms with Gasteiger partial charge in [0.25, 0.3) is 0 Å². The summed E-state index contributed by atoms with van der Waals surface area (Å²) in [5.74, 6) is -0.0939. The normalized spacial score (nSPS) is 11.1. The molecule has 0 saturated heterocycles. The number of hydrogen-bond donors (Lipinski definition) is 1. The summed E-state index contributed by atoms with van der Waals surface area (Å²) in [5.41, 5.74) is 2.37. The van der Waals surface area contributed by atoms with E-state index in [0.29, 0.717) is 0 Å². The zero-order valence-electron chi connectivity index (χ0n) is 9.03. The number of hydrogen-bond acceptors (Lipinski definition) is 1. The van der Waals surface area contributed by atoms with E-state index in [-0.39, 0.29) is 5.91 Å². The largest absolute Gasteiger partial charge is 0.356 e. The summed E-state index contributed by atoms with van der Waals surface area (Å²) < 4.78 is 0. The summed E-state index contributed by atoms with van der Waals surface area (Å²) in [5, 5.41) is 2.51. The van der Waals surface area contributed by atoms with Crippen molar-refractivity contribution in [3.8, 4) is 0 Å². The monoisotopic (exact) mass is 201 g/mol. The molecule has 0 aliphatic carbocycles. The van der Waals surface area contributed by atoms with E-state index < -0.39 is 0 Å². The van der Waals surface area contributed by atoms with Crippen LogP contribution in [-0.4, -0.2) is 13.0 Å². The van der Waals surface area contributed by atoms with Crippen molar-refractivity contribution >= 4 is 12.0 Å². The fourth-order valence-electron chi connectivity index (χ4n) is 1.07. The number of carbonyl (C=O) groups is 1. The van der Waals surface area contributed by atoms with Gasteiger partial charge in [0.2, 0.25) is 5.91 Å². The molecule has 0 bridgehead atoms. The van der Waals surface area contributed by atoms with E-state index in [4.69, 9.17) is 0 Å². The minimum absolute atomic E-state index is 0.0939. The predicted molar refractivity (Wildman–Crippen MR) is 63.4 cm³/mol. The lowest BCUT2D eigenvalue weighted by Crippen LogP contribution is -2.13. The molecule has 0 aliphatic heterocycles. The molecule has 0 atom stereocenters. The lowest BCUT2D eigenvalue weighted by atomic mass is 10.1. The van der Waals surface area contributed by atoms with E-state index in [0.717, 1.165) is 5.56 Å². The van der Waals surface area contributed by atoms with Gasteiger partial charge in [-0.3, -0.25) is 4.79 Å². The zero-order chi connectivity index (χ0) is 11.1. The second kappa shape index (κ2) is 5.81. The minimum Gasteiger partial charge on any atom is -0.356 e. The van der Waals surface area contributed by atoms with Gasteiger partial charge in [-0.05, 0) is 12.5 Å². The van der Waals surface area contributed by atoms with Crippen molar-refractivity contribution in [1.82, 2.24) is 5.32 Å². The summed E-state index contributed by atoms with van der Waals surface area (Å²) in [6.07, 6.45) is 7.02. The molecule has 1 aromatic rings. The Morgan fingerprint density at radius 3 is 2.47 bits per heavy atom. The van der Waals surface area contributed by atoms with Crippen molar-refractivity contribution in [3.05, 3.63) is 53.6 Å². The van der Waals surface area contributed by atoms with Crippen LogP contribution >= 0.6 is 0 Å². The molecule has 0 heterocycles. The SMILES string of the molecule is CNC(=O)/C=C/C=C/c1ccc(C)cc1. The van der Waals surface area contributed by atoms with Crippen molar-refractivity contribution in [2.45, 2.75) is 6.92 Å². The number of amides is 1. The van der Waals surface area contributed by atoms with E-state index >= 15 is 0 Å². The van der Waals surface area contributed by atoms with Crippen LogP contribution in [-0.2, 0) is 4.79 Å². The Morgan fingerprint density at radius 1 is 1.20 bits per heavy atom. The van der Waals surface area contributed by atoms with Gasteiger partial charge in [-0.15, -0.1) is 0 Å². The number of rotatable bonds is 3. The molecular formula is C13H15NO. The van der Waals surface area contributed by atoms with Gasteiger partial charge in [0, 0.05) is 13.1 Å². The molecule has 0 aromatic heterocycles. The van der Waals surface area contributed by atoms with Crippen LogP contribution in [0.25, 0.3) is 6.08 Å². The highest BCUT2D eigenvalue weighted by Crippen LogP contribution is 2.04. The number of nitrogens with one attached hydrogen (secondary N) is 1. The zero-order valence-corrected chi connectivity index (χ0v) is 9.03. The Hall–Kier alpha value is -1.83. The van der Waals surface area contributed by atoms with Crippen LogP contribution in [0.4, 0.5) is 0 Å². The molecule has 78 valence electrons. The first-order valence-electron chi connectivity index (χ1n) is 4.85. The van der Waals surface area contributed by atoms with Crippen LogP contribution in [0, 0.1) is 6.92 Å². The molecule has 0 fully saturated rings. The van der Waals surface area contributed by atoms with Gasteiger partial charge >= 0.3 is 0 Å². The first-order valence-corrected chi connectivity index (χ1v) is 4.85. The summed E-state index contributed by atoms with van der Waals surface area (Å²) in [6.45, 7) is 2.05. The quantitative estimate of drug-likeness (QED) is 0.590. The van der Waals surface area contributed by atoms with Gasteiger partial charge in [0.15, 0.2) is 0 Å². The van der Waals surface area contributed by atoms with Crippen molar-refractivity contribution in [3.63, 3.8) is 0 Å². The summed E-state index contributed by atoms with van der Waals surface area (Å²) in [6, 6.07) is 8.20. The van der Waals surface area contributed by atoms with E-state index in [9.17, 15) is 4.79 Å². The molecule has 1 N–H and O–H groups in total. The second-order valence-corrected chi connectivity index (χ2v) is 3.24. The number of likely N-dealkylation sites (N-methyl/N-ethyl adjacent to an activating group) is 1. The van der Waals surface area contributed by atoms with Crippen LogP contribution in [0.5, 0.6) is 0 Å². The van der Waals surface area contributed by atoms with Gasteiger partial charge in [-0.2, -0.15) is 0 Å². The Labute approximate surface area is 90.3 Å². The molecule has 1 rings (SSSR count). The Kier molecular flexibility index (Phi) is 4.35. The second-order valence-electron chi connectivity index (χ2n) is 3.24. The maximum Gasteiger partial charge on any atom is 0.243 e. The van der Waals surface area contributed by atoms with Crippen LogP contribution < -0.4 is 5.32 Å². The lowest BCUT2D eigenvalue weighted by Gasteiger charge is -1.93. The van der Waals surface area contributed by atoms with Gasteiger partial charge < -0.3 is 5.32 Å². The molecule has 1 amide bonds. The van der Waals surface area contributed by atoms with Crippen LogP contribution in [0.2, 0.25) is 0 Å². The first kappa shape index (κ1) is 11.2. The fraction of sp³-hybridized carbons (Fsp3) is 0.154. The van der Waals surface area contributed by atoms with E-state index in [1.807, 2.05) is 24.3 Å². The summed E-state index contributed by atoms with van der Waals surface area (Å²) in [7, 11) is 1.61. The first-order chi connectivity index (χ1) is 7.22. The average Bonchev–Trinajstić information content (AvgIpc) is 2.26. The standard InChI is InChI=1S/C13H15NO/c1-11-7-9-12(10-8-11)5-3-4-6-13(15)14-2/h3-10H,1-2H3,(H,14,15)/b5-3+,6-4+. The van der Waals surface area contributed by atoms with Crippen molar-refractivity contribution < 1.29 is 4.79 Å². The highest BCUT2D eigenvalue weighted by atomic mass is 16.1. The van der Waals surface area contributed by atoms with Crippen molar-refractivity contribution in [2.24, 2.45) is 0 Å². The maximum atomic E-state index is 10.8. The Balaban J connectivity index is 2.55. The van der Waals surface area contributed by atoms with Crippen LogP contribution in [0.3, 0.4) is 0 Å². The smallest absolute Gasteiger partial charge is 0.243 e. The fourth-order valence-corrected chi connectivity index (χ4v) is 1.07. The Morgan fingerprint density at radius 2 is 1.87 bits per heavy atom. The molecule has 0 spiro atoms. The molecule has 1 aromatic carbocycles. The topological polar surface area (TPSA) is 29.1 Å². The highest BCUT2D eigenvalue weighted by molar-refractivity contribution is 5.87. The van der Waals surface area contributed by atoms with E-state index in [1.165, 1.54) is 11.6 Å². The predicted octanol–water partition coefficient (Wildman–Crippen LogP) is 2.31. The summed E-state index contributed by atoms with van der Waals surface area (Å²) >= 11 is 0. The molecule has 15 heavy (non-hydrogen) atoms. The van der Waals surface area contributed by atoms with Crippen LogP contribution in [0.15, 0.2) is 42.5 Å². The molecule has 2 heteroatoms. The van der Waals surface area contributed by atoms with Gasteiger partial charge in [0.1, 0.15) is 0 Å². The molecule has 0 saturated carbocycles. The molecular weight excluding hydrogens is 186 g/mol. The molecule has 0 aliphatic rings. The third-order valence-electron chi connectivity index (χ3n) is 1.97. The minimum atomic E-state index is -0.0939. The molecule has 0 unspecified atom stereocenters. The van der Waals surface area contributed by atoms with Gasteiger partial charge in [0.05, 0.1) is 0 Å². The van der Waals surface area contributed by atoms with E-state index in [1.54, 1.807) is 13.1 Å². The average molecular weight is 201 g/mol. The van der Waals surface area contributed by atoms with E-state index in [2.05, 4.69) is 24.4 Å². The highest BCUT2D eigenvalue weighted by Gasteiger charge is 1.86. The maximum absolute atomic E-state index is 10.8.